The number of nitrogens with one attached hydrogen (secondary N) is 2. The monoisotopic (exact) mass is 470 g/mol. The van der Waals surface area contributed by atoms with Gasteiger partial charge < -0.3 is 20.3 Å². The SMILES string of the molecule is CN1C2CC[C@H]1CC(Nc1nccc(C3=C(c4cccc(C(F)(F)F)c4)NC4OC=CN34)n1)C2. The minimum atomic E-state index is -4.43. The highest BCUT2D eigenvalue weighted by Gasteiger charge is 2.39. The smallest absolute Gasteiger partial charge is 0.416 e. The number of hydrogen-bond donors (Lipinski definition) is 2. The van der Waals surface area contributed by atoms with Crippen LogP contribution in [0.1, 0.15) is 42.5 Å². The van der Waals surface area contributed by atoms with Crippen LogP contribution in [0.5, 0.6) is 0 Å². The number of anilines is 1. The number of hydrogen-bond acceptors (Lipinski definition) is 7. The predicted molar refractivity (Wildman–Crippen MR) is 120 cm³/mol. The summed E-state index contributed by atoms with van der Waals surface area (Å²) in [5, 5.41) is 6.69. The van der Waals surface area contributed by atoms with Crippen molar-refractivity contribution in [1.29, 1.82) is 0 Å². The first-order chi connectivity index (χ1) is 16.4. The summed E-state index contributed by atoms with van der Waals surface area (Å²) >= 11 is 0. The second-order valence-electron chi connectivity index (χ2n) is 9.26. The Hall–Kier alpha value is -3.27. The fraction of sp³-hybridized carbons (Fsp3) is 0.417. The molecular formula is C24H25F3N6O. The van der Waals surface area contributed by atoms with Gasteiger partial charge >= 0.3 is 6.18 Å². The molecule has 34 heavy (non-hydrogen) atoms. The molecule has 2 fully saturated rings. The third kappa shape index (κ3) is 3.66. The van der Waals surface area contributed by atoms with Crippen LogP contribution in [-0.2, 0) is 10.9 Å². The first kappa shape index (κ1) is 21.3. The molecule has 1 aromatic heterocycles. The maximum absolute atomic E-state index is 13.4. The molecule has 2 aromatic rings. The number of alkyl halides is 3. The number of aromatic nitrogens is 2. The Morgan fingerprint density at radius 2 is 1.94 bits per heavy atom. The van der Waals surface area contributed by atoms with E-state index >= 15 is 0 Å². The van der Waals surface area contributed by atoms with E-state index in [9.17, 15) is 13.2 Å². The van der Waals surface area contributed by atoms with Gasteiger partial charge in [-0.05, 0) is 50.9 Å². The van der Waals surface area contributed by atoms with E-state index in [2.05, 4.69) is 27.6 Å². The van der Waals surface area contributed by atoms with Crippen LogP contribution in [0.4, 0.5) is 19.1 Å². The molecule has 2 N–H and O–H groups in total. The summed E-state index contributed by atoms with van der Waals surface area (Å²) < 4.78 is 45.6. The van der Waals surface area contributed by atoms with Gasteiger partial charge in [0.2, 0.25) is 5.95 Å². The average molecular weight is 470 g/mol. The van der Waals surface area contributed by atoms with Crippen LogP contribution < -0.4 is 10.6 Å². The van der Waals surface area contributed by atoms with Crippen molar-refractivity contribution in [1.82, 2.24) is 25.1 Å². The Bertz CT molecular complexity index is 1150. The third-order valence-electron chi connectivity index (χ3n) is 7.25. The van der Waals surface area contributed by atoms with E-state index < -0.39 is 18.1 Å². The van der Waals surface area contributed by atoms with Crippen molar-refractivity contribution in [3.63, 3.8) is 0 Å². The van der Waals surface area contributed by atoms with Gasteiger partial charge in [-0.15, -0.1) is 0 Å². The van der Waals surface area contributed by atoms with Gasteiger partial charge in [0.25, 0.3) is 6.35 Å². The van der Waals surface area contributed by atoms with Gasteiger partial charge in [-0.25, -0.2) is 9.97 Å². The van der Waals surface area contributed by atoms with Crippen molar-refractivity contribution >= 4 is 17.3 Å². The molecular weight excluding hydrogens is 445 g/mol. The molecule has 4 aliphatic heterocycles. The van der Waals surface area contributed by atoms with Crippen molar-refractivity contribution in [2.45, 2.75) is 56.3 Å². The van der Waals surface area contributed by atoms with Crippen molar-refractivity contribution in [2.75, 3.05) is 12.4 Å². The molecule has 0 saturated carbocycles. The Morgan fingerprint density at radius 3 is 2.71 bits per heavy atom. The second-order valence-corrected chi connectivity index (χ2v) is 9.26. The number of ether oxygens (including phenoxy) is 1. The van der Waals surface area contributed by atoms with Crippen molar-refractivity contribution in [2.24, 2.45) is 0 Å². The lowest BCUT2D eigenvalue weighted by atomic mass is 9.98. The summed E-state index contributed by atoms with van der Waals surface area (Å²) in [5.74, 6) is 0.523. The summed E-state index contributed by atoms with van der Waals surface area (Å²) in [7, 11) is 2.20. The molecule has 2 bridgehead atoms. The zero-order valence-electron chi connectivity index (χ0n) is 18.6. The molecule has 3 unspecified atom stereocenters. The lowest BCUT2D eigenvalue weighted by Gasteiger charge is -2.36. The molecule has 6 rings (SSSR count). The second kappa shape index (κ2) is 7.90. The van der Waals surface area contributed by atoms with E-state index in [0.717, 1.165) is 25.0 Å². The molecule has 4 atom stereocenters. The Kier molecular flexibility index (Phi) is 4.94. The summed E-state index contributed by atoms with van der Waals surface area (Å²) in [4.78, 5) is 13.5. The maximum atomic E-state index is 13.4. The molecule has 0 spiro atoms. The highest BCUT2D eigenvalue weighted by molar-refractivity contribution is 5.91. The third-order valence-corrected chi connectivity index (χ3v) is 7.25. The van der Waals surface area contributed by atoms with Crippen LogP contribution in [0.25, 0.3) is 11.4 Å². The van der Waals surface area contributed by atoms with E-state index in [1.807, 2.05) is 4.90 Å². The van der Waals surface area contributed by atoms with Gasteiger partial charge in [0.15, 0.2) is 0 Å². The maximum Gasteiger partial charge on any atom is 0.416 e. The van der Waals surface area contributed by atoms with E-state index in [1.165, 1.54) is 18.9 Å². The van der Waals surface area contributed by atoms with E-state index in [-0.39, 0.29) is 0 Å². The van der Waals surface area contributed by atoms with Crippen LogP contribution in [0.15, 0.2) is 49.0 Å². The molecule has 5 heterocycles. The van der Waals surface area contributed by atoms with E-state index in [4.69, 9.17) is 9.72 Å². The van der Waals surface area contributed by atoms with Crippen molar-refractivity contribution in [3.8, 4) is 0 Å². The van der Waals surface area contributed by atoms with Gasteiger partial charge in [0.05, 0.1) is 22.7 Å². The van der Waals surface area contributed by atoms with Gasteiger partial charge in [-0.2, -0.15) is 13.2 Å². The minimum absolute atomic E-state index is 0.297. The summed E-state index contributed by atoms with van der Waals surface area (Å²) in [6.07, 6.45) is 4.56. The fourth-order valence-corrected chi connectivity index (χ4v) is 5.54. The molecule has 0 amide bonds. The predicted octanol–water partition coefficient (Wildman–Crippen LogP) is 4.05. The van der Waals surface area contributed by atoms with Crippen LogP contribution in [0.3, 0.4) is 0 Å². The van der Waals surface area contributed by atoms with Gasteiger partial charge in [0, 0.05) is 36.1 Å². The molecule has 0 radical (unpaired) electrons. The van der Waals surface area contributed by atoms with Gasteiger partial charge in [-0.3, -0.25) is 4.90 Å². The highest BCUT2D eigenvalue weighted by Crippen LogP contribution is 2.39. The largest absolute Gasteiger partial charge is 0.458 e. The van der Waals surface area contributed by atoms with Gasteiger partial charge in [-0.1, -0.05) is 12.1 Å². The number of fused-ring (bicyclic) bond motifs is 3. The highest BCUT2D eigenvalue weighted by atomic mass is 19.4. The lowest BCUT2D eigenvalue weighted by Crippen LogP contribution is -2.44. The lowest BCUT2D eigenvalue weighted by molar-refractivity contribution is -0.137. The number of benzene rings is 1. The molecule has 7 nitrogen and oxygen atoms in total. The van der Waals surface area contributed by atoms with Crippen LogP contribution in [-0.4, -0.2) is 51.3 Å². The topological polar surface area (TPSA) is 65.6 Å². The zero-order chi connectivity index (χ0) is 23.4. The van der Waals surface area contributed by atoms with Crippen molar-refractivity contribution < 1.29 is 17.9 Å². The average Bonchev–Trinajstić information content (AvgIpc) is 3.45. The minimum Gasteiger partial charge on any atom is -0.458 e. The quantitative estimate of drug-likeness (QED) is 0.699. The van der Waals surface area contributed by atoms with Crippen LogP contribution in [0.2, 0.25) is 0 Å². The van der Waals surface area contributed by atoms with Crippen molar-refractivity contribution in [3.05, 3.63) is 65.8 Å². The van der Waals surface area contributed by atoms with Crippen LogP contribution in [0, 0.1) is 0 Å². The normalized spacial score (nSPS) is 28.2. The van der Waals surface area contributed by atoms with Crippen LogP contribution >= 0.6 is 0 Å². The number of nitrogens with zero attached hydrogens (tertiary/aromatic N) is 4. The Balaban J connectivity index is 1.34. The number of piperidine rings is 1. The number of halogens is 3. The Labute approximate surface area is 195 Å². The molecule has 4 aliphatic rings. The summed E-state index contributed by atoms with van der Waals surface area (Å²) in [6.45, 7) is 0. The molecule has 178 valence electrons. The van der Waals surface area contributed by atoms with E-state index in [1.54, 1.807) is 30.8 Å². The van der Waals surface area contributed by atoms with E-state index in [0.29, 0.717) is 46.7 Å². The molecule has 2 saturated heterocycles. The summed E-state index contributed by atoms with van der Waals surface area (Å²) in [5.41, 5.74) is 1.49. The first-order valence-corrected chi connectivity index (χ1v) is 11.5. The zero-order valence-corrected chi connectivity index (χ0v) is 18.6. The molecule has 10 heteroatoms. The summed E-state index contributed by atoms with van der Waals surface area (Å²) in [6, 6.07) is 8.50. The first-order valence-electron chi connectivity index (χ1n) is 11.5. The fourth-order valence-electron chi connectivity index (χ4n) is 5.54. The number of rotatable bonds is 4. The standard InChI is InChI=1S/C24H25F3N6O/c1-32-17-5-6-18(32)13-16(12-17)29-22-28-8-7-19(30-22)21-20(31-23-33(21)9-10-34-23)14-3-2-4-15(11-14)24(25,26)27/h2-4,7-11,16-18,23,31H,5-6,12-13H2,1H3,(H,28,29,30)/t16?,17-,18?,23?/m0/s1. The Morgan fingerprint density at radius 1 is 1.15 bits per heavy atom. The molecule has 1 aromatic carbocycles. The molecule has 0 aliphatic carbocycles. The van der Waals surface area contributed by atoms with Gasteiger partial charge in [0.1, 0.15) is 6.26 Å².